The van der Waals surface area contributed by atoms with Crippen LogP contribution in [0.3, 0.4) is 0 Å². The van der Waals surface area contributed by atoms with E-state index in [4.69, 9.17) is 0 Å². The molecule has 5 nitrogen and oxygen atoms in total. The maximum atomic E-state index is 11.8. The molecule has 106 valence electrons. The fraction of sp³-hybridized carbons (Fsp3) is 0.333. The summed E-state index contributed by atoms with van der Waals surface area (Å²) >= 11 is 0. The first-order valence-electron chi connectivity index (χ1n) is 6.59. The molecule has 2 rings (SSSR count). The number of amides is 1. The maximum absolute atomic E-state index is 11.8. The Labute approximate surface area is 119 Å². The lowest BCUT2D eigenvalue weighted by Crippen LogP contribution is -2.19. The van der Waals surface area contributed by atoms with Crippen LogP contribution in [0.2, 0.25) is 0 Å². The van der Waals surface area contributed by atoms with Crippen molar-refractivity contribution >= 4 is 11.6 Å². The van der Waals surface area contributed by atoms with Crippen molar-refractivity contribution in [3.05, 3.63) is 47.3 Å². The van der Waals surface area contributed by atoms with E-state index < -0.39 is 0 Å². The van der Waals surface area contributed by atoms with Crippen LogP contribution in [0.25, 0.3) is 0 Å². The summed E-state index contributed by atoms with van der Waals surface area (Å²) in [6.45, 7) is 4.02. The van der Waals surface area contributed by atoms with Gasteiger partial charge in [0.25, 0.3) is 5.91 Å². The van der Waals surface area contributed by atoms with Crippen LogP contribution in [0.5, 0.6) is 0 Å². The zero-order chi connectivity index (χ0) is 14.7. The summed E-state index contributed by atoms with van der Waals surface area (Å²) in [5.41, 5.74) is 3.71. The van der Waals surface area contributed by atoms with Crippen molar-refractivity contribution in [2.75, 3.05) is 12.4 Å². The maximum Gasteiger partial charge on any atom is 0.251 e. The van der Waals surface area contributed by atoms with E-state index in [1.54, 1.807) is 11.7 Å². The Hall–Kier alpha value is -2.30. The number of aryl methyl sites for hydroxylation is 1. The Kier molecular flexibility index (Phi) is 4.08. The summed E-state index contributed by atoms with van der Waals surface area (Å²) in [5, 5.41) is 10.3. The van der Waals surface area contributed by atoms with Crippen molar-refractivity contribution in [2.45, 2.75) is 19.9 Å². The van der Waals surface area contributed by atoms with Crippen LogP contribution in [-0.2, 0) is 7.05 Å². The molecule has 0 fully saturated rings. The van der Waals surface area contributed by atoms with Crippen molar-refractivity contribution < 1.29 is 4.79 Å². The molecule has 5 heteroatoms. The molecule has 0 saturated carbocycles. The molecular formula is C15H20N4O. The van der Waals surface area contributed by atoms with Gasteiger partial charge in [-0.05, 0) is 31.5 Å². The minimum atomic E-state index is -0.0693. The smallest absolute Gasteiger partial charge is 0.251 e. The Morgan fingerprint density at radius 2 is 2.15 bits per heavy atom. The van der Waals surface area contributed by atoms with Gasteiger partial charge in [-0.2, -0.15) is 5.10 Å². The molecule has 0 spiro atoms. The molecular weight excluding hydrogens is 252 g/mol. The number of benzene rings is 1. The second kappa shape index (κ2) is 5.77. The zero-order valence-corrected chi connectivity index (χ0v) is 12.3. The highest BCUT2D eigenvalue weighted by molar-refractivity contribution is 5.96. The van der Waals surface area contributed by atoms with E-state index >= 15 is 0 Å². The molecule has 1 heterocycles. The van der Waals surface area contributed by atoms with Gasteiger partial charge in [-0.25, -0.2) is 0 Å². The van der Waals surface area contributed by atoms with E-state index in [0.29, 0.717) is 5.56 Å². The van der Waals surface area contributed by atoms with Crippen molar-refractivity contribution in [1.29, 1.82) is 0 Å². The van der Waals surface area contributed by atoms with Crippen LogP contribution in [0.1, 0.15) is 34.5 Å². The molecule has 0 aliphatic rings. The van der Waals surface area contributed by atoms with Gasteiger partial charge in [-0.3, -0.25) is 9.48 Å². The first kappa shape index (κ1) is 14.1. The molecule has 0 radical (unpaired) electrons. The third-order valence-electron chi connectivity index (χ3n) is 3.40. The second-order valence-electron chi connectivity index (χ2n) is 4.87. The molecule has 1 aromatic carbocycles. The van der Waals surface area contributed by atoms with Crippen molar-refractivity contribution in [2.24, 2.45) is 7.05 Å². The van der Waals surface area contributed by atoms with E-state index in [2.05, 4.69) is 22.7 Å². The minimum absolute atomic E-state index is 0.0693. The van der Waals surface area contributed by atoms with Crippen LogP contribution >= 0.6 is 0 Å². The fourth-order valence-corrected chi connectivity index (χ4v) is 2.15. The van der Waals surface area contributed by atoms with Crippen LogP contribution < -0.4 is 10.6 Å². The van der Waals surface area contributed by atoms with E-state index in [0.717, 1.165) is 16.8 Å². The fourth-order valence-electron chi connectivity index (χ4n) is 2.15. The topological polar surface area (TPSA) is 59.0 Å². The standard InChI is InChI=1S/C15H20N4O/c1-10-13(15(20)16-3)6-5-7-14(10)18-11(2)12-8-17-19(4)9-12/h5-9,11,18H,1-4H3,(H,16,20). The second-order valence-corrected chi connectivity index (χ2v) is 4.87. The van der Waals surface area contributed by atoms with Crippen LogP contribution in [0, 0.1) is 6.92 Å². The minimum Gasteiger partial charge on any atom is -0.378 e. The molecule has 20 heavy (non-hydrogen) atoms. The van der Waals surface area contributed by atoms with Gasteiger partial charge in [0.15, 0.2) is 0 Å². The lowest BCUT2D eigenvalue weighted by atomic mass is 10.0. The van der Waals surface area contributed by atoms with Gasteiger partial charge in [0.2, 0.25) is 0 Å². The number of nitrogens with zero attached hydrogens (tertiary/aromatic N) is 2. The number of aromatic nitrogens is 2. The summed E-state index contributed by atoms with van der Waals surface area (Å²) in [7, 11) is 3.54. The van der Waals surface area contributed by atoms with Crippen LogP contribution in [-0.4, -0.2) is 22.7 Å². The van der Waals surface area contributed by atoms with Crippen molar-refractivity contribution in [3.8, 4) is 0 Å². The van der Waals surface area contributed by atoms with Gasteiger partial charge >= 0.3 is 0 Å². The summed E-state index contributed by atoms with van der Waals surface area (Å²) in [5.74, 6) is -0.0693. The normalized spacial score (nSPS) is 12.0. The largest absolute Gasteiger partial charge is 0.378 e. The quantitative estimate of drug-likeness (QED) is 0.897. The monoisotopic (exact) mass is 272 g/mol. The van der Waals surface area contributed by atoms with Gasteiger partial charge in [-0.15, -0.1) is 0 Å². The first-order chi connectivity index (χ1) is 9.52. The SMILES string of the molecule is CNC(=O)c1cccc(NC(C)c2cnn(C)c2)c1C. The highest BCUT2D eigenvalue weighted by atomic mass is 16.1. The van der Waals surface area contributed by atoms with Gasteiger partial charge in [-0.1, -0.05) is 6.07 Å². The van der Waals surface area contributed by atoms with E-state index in [-0.39, 0.29) is 11.9 Å². The average molecular weight is 272 g/mol. The van der Waals surface area contributed by atoms with Gasteiger partial charge in [0.05, 0.1) is 12.2 Å². The third-order valence-corrected chi connectivity index (χ3v) is 3.40. The Morgan fingerprint density at radius 3 is 2.75 bits per heavy atom. The summed E-state index contributed by atoms with van der Waals surface area (Å²) in [6.07, 6.45) is 3.82. The molecule has 1 aromatic heterocycles. The Bertz CT molecular complexity index is 618. The molecule has 0 aliphatic heterocycles. The van der Waals surface area contributed by atoms with E-state index in [9.17, 15) is 4.79 Å². The molecule has 0 bridgehead atoms. The average Bonchev–Trinajstić information content (AvgIpc) is 2.87. The van der Waals surface area contributed by atoms with Crippen LogP contribution in [0.4, 0.5) is 5.69 Å². The molecule has 0 aliphatic carbocycles. The molecule has 2 N–H and O–H groups in total. The summed E-state index contributed by atoms with van der Waals surface area (Å²) in [6, 6.07) is 5.82. The zero-order valence-electron chi connectivity index (χ0n) is 12.3. The Balaban J connectivity index is 2.23. The number of hydrogen-bond donors (Lipinski definition) is 2. The van der Waals surface area contributed by atoms with E-state index in [1.165, 1.54) is 0 Å². The predicted octanol–water partition coefficient (Wildman–Crippen LogP) is 2.26. The highest BCUT2D eigenvalue weighted by Gasteiger charge is 2.13. The van der Waals surface area contributed by atoms with E-state index in [1.807, 2.05) is 44.6 Å². The highest BCUT2D eigenvalue weighted by Crippen LogP contribution is 2.24. The van der Waals surface area contributed by atoms with Crippen molar-refractivity contribution in [3.63, 3.8) is 0 Å². The first-order valence-corrected chi connectivity index (χ1v) is 6.59. The van der Waals surface area contributed by atoms with Gasteiger partial charge < -0.3 is 10.6 Å². The third kappa shape index (κ3) is 2.82. The number of carbonyl (C=O) groups excluding carboxylic acids is 1. The van der Waals surface area contributed by atoms with Gasteiger partial charge in [0.1, 0.15) is 0 Å². The predicted molar refractivity (Wildman–Crippen MR) is 79.8 cm³/mol. The lowest BCUT2D eigenvalue weighted by molar-refractivity contribution is 0.0962. The number of rotatable bonds is 4. The van der Waals surface area contributed by atoms with Crippen LogP contribution in [0.15, 0.2) is 30.6 Å². The molecule has 2 aromatic rings. The number of anilines is 1. The number of hydrogen-bond acceptors (Lipinski definition) is 3. The molecule has 1 amide bonds. The lowest BCUT2D eigenvalue weighted by Gasteiger charge is -2.17. The molecule has 1 atom stereocenters. The van der Waals surface area contributed by atoms with Crippen molar-refractivity contribution in [1.82, 2.24) is 15.1 Å². The number of nitrogens with one attached hydrogen (secondary N) is 2. The summed E-state index contributed by atoms with van der Waals surface area (Å²) in [4.78, 5) is 11.8. The molecule has 1 unspecified atom stereocenters. The summed E-state index contributed by atoms with van der Waals surface area (Å²) < 4.78 is 1.78. The Morgan fingerprint density at radius 1 is 1.40 bits per heavy atom. The number of carbonyl (C=O) groups is 1. The van der Waals surface area contributed by atoms with Gasteiger partial charge in [0, 0.05) is 37.1 Å². The molecule has 0 saturated heterocycles.